The Balaban J connectivity index is 2.91. The molecule has 3 nitrogen and oxygen atoms in total. The zero-order valence-electron chi connectivity index (χ0n) is 10.6. The average molecular weight is 329 g/mol. The van der Waals surface area contributed by atoms with Gasteiger partial charge in [0.05, 0.1) is 10.6 Å². The number of benzene rings is 1. The Morgan fingerprint density at radius 3 is 2.42 bits per heavy atom. The van der Waals surface area contributed by atoms with Gasteiger partial charge in [-0.3, -0.25) is 0 Å². The lowest BCUT2D eigenvalue weighted by molar-refractivity contribution is 0.0470. The molecule has 0 aliphatic rings. The van der Waals surface area contributed by atoms with Crippen molar-refractivity contribution in [3.8, 4) is 0 Å². The Kier molecular flexibility index (Phi) is 5.23. The molecule has 1 rings (SSSR count). The third-order valence-corrected chi connectivity index (χ3v) is 4.40. The molecule has 0 saturated carbocycles. The van der Waals surface area contributed by atoms with E-state index in [1.807, 2.05) is 0 Å². The van der Waals surface area contributed by atoms with Crippen LogP contribution in [0.2, 0.25) is 10.0 Å². The van der Waals surface area contributed by atoms with Gasteiger partial charge in [-0.15, -0.1) is 0 Å². The van der Waals surface area contributed by atoms with Crippen LogP contribution in [0.25, 0.3) is 0 Å². The van der Waals surface area contributed by atoms with Crippen LogP contribution in [-0.2, 0) is 15.4 Å². The topological polar surface area (TPSA) is 54.4 Å². The van der Waals surface area contributed by atoms with Gasteiger partial charge in [-0.05, 0) is 31.9 Å². The van der Waals surface area contributed by atoms with E-state index < -0.39 is 21.3 Å². The predicted octanol–water partition coefficient (Wildman–Crippen LogP) is 3.16. The van der Waals surface area contributed by atoms with Crippen LogP contribution in [0.5, 0.6) is 0 Å². The minimum absolute atomic E-state index is 0.0448. The first-order valence-corrected chi connectivity index (χ1v) is 8.40. The first kappa shape index (κ1) is 16.7. The van der Waals surface area contributed by atoms with E-state index in [9.17, 15) is 17.9 Å². The average Bonchev–Trinajstić information content (AvgIpc) is 2.20. The van der Waals surface area contributed by atoms with Crippen molar-refractivity contribution in [3.05, 3.63) is 33.6 Å². The van der Waals surface area contributed by atoms with Gasteiger partial charge in [0, 0.05) is 22.6 Å². The van der Waals surface area contributed by atoms with Crippen LogP contribution in [-0.4, -0.2) is 25.5 Å². The second kappa shape index (κ2) is 5.95. The summed E-state index contributed by atoms with van der Waals surface area (Å²) in [5.74, 6) is -0.721. The molecule has 0 aromatic heterocycles. The number of aliphatic hydroxyl groups is 1. The summed E-state index contributed by atoms with van der Waals surface area (Å²) < 4.78 is 35.5. The quantitative estimate of drug-likeness (QED) is 0.844. The molecule has 0 aliphatic heterocycles. The van der Waals surface area contributed by atoms with E-state index in [1.54, 1.807) is 0 Å². The molecule has 0 amide bonds. The van der Waals surface area contributed by atoms with Crippen molar-refractivity contribution < 1.29 is 17.9 Å². The molecule has 19 heavy (non-hydrogen) atoms. The second-order valence-electron chi connectivity index (χ2n) is 4.75. The molecule has 1 aromatic carbocycles. The van der Waals surface area contributed by atoms with Crippen molar-refractivity contribution in [2.75, 3.05) is 12.0 Å². The first-order chi connectivity index (χ1) is 8.53. The van der Waals surface area contributed by atoms with Gasteiger partial charge in [0.2, 0.25) is 0 Å². The number of sulfone groups is 1. The van der Waals surface area contributed by atoms with Gasteiger partial charge in [-0.25, -0.2) is 12.8 Å². The van der Waals surface area contributed by atoms with Crippen LogP contribution in [0.1, 0.15) is 25.3 Å². The largest absolute Gasteiger partial charge is 0.385 e. The molecule has 0 spiro atoms. The van der Waals surface area contributed by atoms with Crippen molar-refractivity contribution in [1.82, 2.24) is 0 Å². The summed E-state index contributed by atoms with van der Waals surface area (Å²) in [7, 11) is -3.09. The highest BCUT2D eigenvalue weighted by Crippen LogP contribution is 2.34. The van der Waals surface area contributed by atoms with Gasteiger partial charge in [-0.2, -0.15) is 0 Å². The highest BCUT2D eigenvalue weighted by Gasteiger charge is 2.27. The summed E-state index contributed by atoms with van der Waals surface area (Å²) in [6, 6.07) is 2.30. The molecular formula is C12H15Cl2FO3S. The Bertz CT molecular complexity index is 571. The Hall–Kier alpha value is -0.360. The summed E-state index contributed by atoms with van der Waals surface area (Å²) in [4.78, 5) is 0. The third kappa shape index (κ3) is 4.91. The zero-order valence-corrected chi connectivity index (χ0v) is 12.9. The van der Waals surface area contributed by atoms with Gasteiger partial charge in [0.1, 0.15) is 15.7 Å². The van der Waals surface area contributed by atoms with E-state index in [0.29, 0.717) is 0 Å². The van der Waals surface area contributed by atoms with Gasteiger partial charge < -0.3 is 5.11 Å². The second-order valence-corrected chi connectivity index (χ2v) is 7.83. The maximum Gasteiger partial charge on any atom is 0.147 e. The van der Waals surface area contributed by atoms with E-state index in [0.717, 1.165) is 12.3 Å². The summed E-state index contributed by atoms with van der Waals surface area (Å²) in [5, 5.41) is 10.3. The van der Waals surface area contributed by atoms with Crippen LogP contribution >= 0.6 is 23.2 Å². The van der Waals surface area contributed by atoms with Crippen LogP contribution in [0.3, 0.4) is 0 Å². The molecular weight excluding hydrogens is 314 g/mol. The van der Waals surface area contributed by atoms with Crippen molar-refractivity contribution in [2.45, 2.75) is 25.4 Å². The third-order valence-electron chi connectivity index (χ3n) is 2.77. The molecule has 108 valence electrons. The molecule has 1 N–H and O–H groups in total. The lowest BCUT2D eigenvalue weighted by Crippen LogP contribution is -2.23. The summed E-state index contributed by atoms with van der Waals surface area (Å²) >= 11 is 11.5. The van der Waals surface area contributed by atoms with Gasteiger partial charge in [0.25, 0.3) is 0 Å². The van der Waals surface area contributed by atoms with E-state index in [2.05, 4.69) is 0 Å². The number of hydrogen-bond acceptors (Lipinski definition) is 3. The zero-order chi connectivity index (χ0) is 14.8. The molecule has 7 heteroatoms. The van der Waals surface area contributed by atoms with E-state index in [4.69, 9.17) is 23.2 Å². The summed E-state index contributed by atoms with van der Waals surface area (Å²) in [5.41, 5.74) is -1.21. The predicted molar refractivity (Wildman–Crippen MR) is 74.9 cm³/mol. The summed E-state index contributed by atoms with van der Waals surface area (Å²) in [6.45, 7) is 1.46. The lowest BCUT2D eigenvalue weighted by atomic mass is 9.91. The SMILES string of the molecule is CC(O)(CCCS(C)(=O)=O)c1cc(F)c(Cl)cc1Cl. The van der Waals surface area contributed by atoms with Crippen LogP contribution < -0.4 is 0 Å². The molecule has 0 radical (unpaired) electrons. The fourth-order valence-electron chi connectivity index (χ4n) is 1.75. The molecule has 0 aliphatic carbocycles. The monoisotopic (exact) mass is 328 g/mol. The molecule has 0 fully saturated rings. The van der Waals surface area contributed by atoms with Gasteiger partial charge in [0.15, 0.2) is 0 Å². The maximum atomic E-state index is 13.4. The fourth-order valence-corrected chi connectivity index (χ4v) is 3.00. The van der Waals surface area contributed by atoms with E-state index in [-0.39, 0.29) is 34.2 Å². The van der Waals surface area contributed by atoms with Crippen molar-refractivity contribution in [1.29, 1.82) is 0 Å². The molecule has 1 unspecified atom stereocenters. The number of hydrogen-bond donors (Lipinski definition) is 1. The van der Waals surface area contributed by atoms with Crippen molar-refractivity contribution >= 4 is 33.0 Å². The van der Waals surface area contributed by atoms with Gasteiger partial charge in [-0.1, -0.05) is 23.2 Å². The van der Waals surface area contributed by atoms with Gasteiger partial charge >= 0.3 is 0 Å². The molecule has 1 atom stereocenters. The summed E-state index contributed by atoms with van der Waals surface area (Å²) in [6.07, 6.45) is 1.53. The minimum Gasteiger partial charge on any atom is -0.385 e. The lowest BCUT2D eigenvalue weighted by Gasteiger charge is -2.25. The number of rotatable bonds is 5. The maximum absolute atomic E-state index is 13.4. The Labute approximate surface area is 122 Å². The normalized spacial score (nSPS) is 15.3. The molecule has 0 bridgehead atoms. The Morgan fingerprint density at radius 2 is 1.89 bits per heavy atom. The fraction of sp³-hybridized carbons (Fsp3) is 0.500. The minimum atomic E-state index is -3.09. The molecule has 0 saturated heterocycles. The molecule has 0 heterocycles. The number of halogens is 3. The van der Waals surface area contributed by atoms with Crippen molar-refractivity contribution in [2.24, 2.45) is 0 Å². The molecule has 1 aromatic rings. The van der Waals surface area contributed by atoms with Crippen LogP contribution in [0.15, 0.2) is 12.1 Å². The Morgan fingerprint density at radius 1 is 1.32 bits per heavy atom. The van der Waals surface area contributed by atoms with Crippen LogP contribution in [0, 0.1) is 5.82 Å². The smallest absolute Gasteiger partial charge is 0.147 e. The standard InChI is InChI=1S/C12H15Cl2FO3S/c1-12(16,4-3-5-19(2,17)18)8-6-11(15)10(14)7-9(8)13/h6-7,16H,3-5H2,1-2H3. The van der Waals surface area contributed by atoms with E-state index >= 15 is 0 Å². The van der Waals surface area contributed by atoms with Crippen molar-refractivity contribution in [3.63, 3.8) is 0 Å². The van der Waals surface area contributed by atoms with E-state index in [1.165, 1.54) is 13.0 Å². The first-order valence-electron chi connectivity index (χ1n) is 5.58. The van der Waals surface area contributed by atoms with Crippen LogP contribution in [0.4, 0.5) is 4.39 Å². The highest BCUT2D eigenvalue weighted by molar-refractivity contribution is 7.90. The highest BCUT2D eigenvalue weighted by atomic mass is 35.5.